The summed E-state index contributed by atoms with van der Waals surface area (Å²) < 4.78 is 68.2. The Bertz CT molecular complexity index is 1700. The van der Waals surface area contributed by atoms with Gasteiger partial charge >= 0.3 is 39.5 Å². The lowest BCUT2D eigenvalue weighted by Gasteiger charge is -2.21. The van der Waals surface area contributed by atoms with Crippen molar-refractivity contribution >= 4 is 39.5 Å². The van der Waals surface area contributed by atoms with Crippen LogP contribution in [0, 0.1) is 11.8 Å². The molecule has 516 valence electrons. The number of carbonyl (C=O) groups is 4. The first kappa shape index (κ1) is 85.1. The largest absolute Gasteiger partial charge is 0.472 e. The number of ether oxygens (including phenoxy) is 4. The molecule has 3 unspecified atom stereocenters. The fourth-order valence-electron chi connectivity index (χ4n) is 10.2. The minimum absolute atomic E-state index is 0.103. The van der Waals surface area contributed by atoms with Crippen LogP contribution in [-0.2, 0) is 65.4 Å². The van der Waals surface area contributed by atoms with Gasteiger partial charge in [0.15, 0.2) is 12.2 Å². The van der Waals surface area contributed by atoms with Gasteiger partial charge in [0.25, 0.3) is 0 Å². The van der Waals surface area contributed by atoms with Gasteiger partial charge < -0.3 is 33.8 Å². The second kappa shape index (κ2) is 60.3. The average Bonchev–Trinajstić information content (AvgIpc) is 3.71. The van der Waals surface area contributed by atoms with E-state index >= 15 is 0 Å². The Morgan fingerprint density at radius 3 is 0.874 bits per heavy atom. The third-order valence-electron chi connectivity index (χ3n) is 16.1. The zero-order valence-corrected chi connectivity index (χ0v) is 58.1. The van der Waals surface area contributed by atoms with E-state index < -0.39 is 97.5 Å². The molecule has 0 radical (unpaired) electrons. The standard InChI is InChI=1S/C68H132O17P2/c1-7-10-12-14-16-18-20-21-22-23-24-28-33-40-46-52-67(72)84-63(56-78-66(71)51-45-39-32-29-25-26-30-36-42-48-60(4)5)58-82-86(74,75)80-54-62(69)55-81-87(76,77)83-59-64(85-68(73)53-47-41-35-34-37-43-49-61(6)9-3)57-79-65(70)50-44-38-31-27-19-17-15-13-11-8-2/h60-64,69H,7-59H2,1-6H3,(H,74,75)(H,76,77)/t61?,62-,63-,64-/m1/s1. The summed E-state index contributed by atoms with van der Waals surface area (Å²) in [5, 5.41) is 10.6. The maximum Gasteiger partial charge on any atom is 0.472 e. The van der Waals surface area contributed by atoms with Crippen LogP contribution in [0.3, 0.4) is 0 Å². The predicted molar refractivity (Wildman–Crippen MR) is 349 cm³/mol. The molecule has 0 spiro atoms. The van der Waals surface area contributed by atoms with Crippen LogP contribution >= 0.6 is 15.6 Å². The summed E-state index contributed by atoms with van der Waals surface area (Å²) in [6, 6.07) is 0. The zero-order chi connectivity index (χ0) is 64.3. The summed E-state index contributed by atoms with van der Waals surface area (Å²) in [7, 11) is -9.89. The number of hydrogen-bond donors (Lipinski definition) is 3. The predicted octanol–water partition coefficient (Wildman–Crippen LogP) is 19.2. The highest BCUT2D eigenvalue weighted by molar-refractivity contribution is 7.47. The van der Waals surface area contributed by atoms with Crippen molar-refractivity contribution in [1.29, 1.82) is 0 Å². The second-order valence-electron chi connectivity index (χ2n) is 25.3. The zero-order valence-electron chi connectivity index (χ0n) is 56.3. The fourth-order valence-corrected chi connectivity index (χ4v) is 11.8. The molecule has 0 bridgehead atoms. The van der Waals surface area contributed by atoms with Crippen molar-refractivity contribution in [3.63, 3.8) is 0 Å². The maximum absolute atomic E-state index is 13.0. The number of esters is 4. The fraction of sp³-hybridized carbons (Fsp3) is 0.941. The van der Waals surface area contributed by atoms with Crippen LogP contribution < -0.4 is 0 Å². The van der Waals surface area contributed by atoms with E-state index in [9.17, 15) is 43.2 Å². The molecule has 0 amide bonds. The van der Waals surface area contributed by atoms with Crippen molar-refractivity contribution in [2.75, 3.05) is 39.6 Å². The minimum Gasteiger partial charge on any atom is -0.462 e. The molecule has 19 heteroatoms. The Balaban J connectivity index is 5.24. The summed E-state index contributed by atoms with van der Waals surface area (Å²) in [6.45, 7) is 9.46. The van der Waals surface area contributed by atoms with Crippen molar-refractivity contribution in [1.82, 2.24) is 0 Å². The van der Waals surface area contributed by atoms with Gasteiger partial charge in [-0.25, -0.2) is 9.13 Å². The molecule has 3 N–H and O–H groups in total. The lowest BCUT2D eigenvalue weighted by atomic mass is 10.00. The van der Waals surface area contributed by atoms with Crippen LogP contribution in [0.15, 0.2) is 0 Å². The highest BCUT2D eigenvalue weighted by atomic mass is 31.2. The number of phosphoric acid groups is 2. The molecule has 0 aromatic heterocycles. The van der Waals surface area contributed by atoms with E-state index in [1.165, 1.54) is 161 Å². The Morgan fingerprint density at radius 2 is 0.586 bits per heavy atom. The summed E-state index contributed by atoms with van der Waals surface area (Å²) in [6.07, 6.45) is 44.4. The molecular formula is C68H132O17P2. The summed E-state index contributed by atoms with van der Waals surface area (Å²) in [5.74, 6) is -0.665. The molecule has 0 saturated heterocycles. The van der Waals surface area contributed by atoms with Crippen molar-refractivity contribution in [3.8, 4) is 0 Å². The number of phosphoric ester groups is 2. The van der Waals surface area contributed by atoms with Crippen LogP contribution in [0.25, 0.3) is 0 Å². The van der Waals surface area contributed by atoms with E-state index in [1.54, 1.807) is 0 Å². The molecule has 0 aliphatic carbocycles. The second-order valence-corrected chi connectivity index (χ2v) is 28.2. The molecule has 0 aliphatic heterocycles. The molecule has 0 aromatic rings. The van der Waals surface area contributed by atoms with E-state index in [2.05, 4.69) is 41.5 Å². The molecule has 17 nitrogen and oxygen atoms in total. The number of carbonyl (C=O) groups excluding carboxylic acids is 4. The van der Waals surface area contributed by atoms with Gasteiger partial charge in [-0.3, -0.25) is 37.3 Å². The monoisotopic (exact) mass is 1280 g/mol. The van der Waals surface area contributed by atoms with Crippen LogP contribution in [0.1, 0.15) is 343 Å². The topological polar surface area (TPSA) is 237 Å². The normalized spacial score (nSPS) is 14.5. The van der Waals surface area contributed by atoms with E-state index in [0.717, 1.165) is 102 Å². The lowest BCUT2D eigenvalue weighted by molar-refractivity contribution is -0.161. The Hall–Kier alpha value is -1.94. The number of aliphatic hydroxyl groups is 1. The number of unbranched alkanes of at least 4 members (excludes halogenated alkanes) is 36. The Labute approximate surface area is 530 Å². The lowest BCUT2D eigenvalue weighted by Crippen LogP contribution is -2.30. The van der Waals surface area contributed by atoms with Gasteiger partial charge in [-0.05, 0) is 37.5 Å². The molecule has 0 fully saturated rings. The molecule has 0 aliphatic rings. The van der Waals surface area contributed by atoms with E-state index in [4.69, 9.17) is 37.0 Å². The van der Waals surface area contributed by atoms with E-state index in [0.29, 0.717) is 25.7 Å². The van der Waals surface area contributed by atoms with Crippen LogP contribution in [0.4, 0.5) is 0 Å². The van der Waals surface area contributed by atoms with Gasteiger partial charge in [-0.15, -0.1) is 0 Å². The van der Waals surface area contributed by atoms with Gasteiger partial charge in [-0.2, -0.15) is 0 Å². The van der Waals surface area contributed by atoms with Gasteiger partial charge in [0, 0.05) is 25.7 Å². The third-order valence-corrected chi connectivity index (χ3v) is 18.0. The number of aliphatic hydroxyl groups excluding tert-OH is 1. The van der Waals surface area contributed by atoms with Gasteiger partial charge in [-0.1, -0.05) is 292 Å². The molecule has 87 heavy (non-hydrogen) atoms. The highest BCUT2D eigenvalue weighted by Gasteiger charge is 2.30. The minimum atomic E-state index is -4.95. The Morgan fingerprint density at radius 1 is 0.333 bits per heavy atom. The van der Waals surface area contributed by atoms with E-state index in [1.807, 2.05) is 0 Å². The van der Waals surface area contributed by atoms with Gasteiger partial charge in [0.2, 0.25) is 0 Å². The smallest absolute Gasteiger partial charge is 0.462 e. The van der Waals surface area contributed by atoms with Gasteiger partial charge in [0.1, 0.15) is 19.3 Å². The first-order valence-corrected chi connectivity index (χ1v) is 38.5. The van der Waals surface area contributed by atoms with Crippen molar-refractivity contribution in [2.24, 2.45) is 11.8 Å². The molecular weight excluding hydrogens is 1150 g/mol. The molecule has 0 rings (SSSR count). The Kier molecular flexibility index (Phi) is 59.0. The molecule has 0 saturated carbocycles. The van der Waals surface area contributed by atoms with Crippen molar-refractivity contribution in [3.05, 3.63) is 0 Å². The molecule has 6 atom stereocenters. The molecule has 0 aromatic carbocycles. The summed E-state index contributed by atoms with van der Waals surface area (Å²) in [4.78, 5) is 72.4. The number of rotatable bonds is 67. The van der Waals surface area contributed by atoms with E-state index in [-0.39, 0.29) is 25.7 Å². The van der Waals surface area contributed by atoms with Crippen LogP contribution in [0.2, 0.25) is 0 Å². The van der Waals surface area contributed by atoms with Crippen LogP contribution in [0.5, 0.6) is 0 Å². The third kappa shape index (κ3) is 61.3. The SMILES string of the molecule is CCCCCCCCCCCCCCCCCC(=O)O[C@H](COC(=O)CCCCCCCCCCCC(C)C)COP(=O)(O)OC[C@@H](O)COP(=O)(O)OC[C@@H](COC(=O)CCCCCCCCCCCC)OC(=O)CCCCCCCCC(C)CC. The quantitative estimate of drug-likeness (QED) is 0.0222. The summed E-state index contributed by atoms with van der Waals surface area (Å²) in [5.41, 5.74) is 0. The van der Waals surface area contributed by atoms with Gasteiger partial charge in [0.05, 0.1) is 26.4 Å². The van der Waals surface area contributed by atoms with Crippen molar-refractivity contribution < 1.29 is 80.2 Å². The number of hydrogen-bond acceptors (Lipinski definition) is 15. The highest BCUT2D eigenvalue weighted by Crippen LogP contribution is 2.45. The summed E-state index contributed by atoms with van der Waals surface area (Å²) >= 11 is 0. The first-order valence-electron chi connectivity index (χ1n) is 35.5. The molecule has 0 heterocycles. The van der Waals surface area contributed by atoms with Crippen LogP contribution in [-0.4, -0.2) is 96.7 Å². The van der Waals surface area contributed by atoms with Crippen molar-refractivity contribution in [2.45, 2.75) is 362 Å². The maximum atomic E-state index is 13.0. The average molecular weight is 1280 g/mol. The first-order chi connectivity index (χ1) is 41.9.